The van der Waals surface area contributed by atoms with Crippen LogP contribution in [0.4, 0.5) is 5.69 Å². The van der Waals surface area contributed by atoms with Gasteiger partial charge in [-0.05, 0) is 42.5 Å². The maximum atomic E-state index is 12.2. The number of benzene rings is 2. The number of ether oxygens (including phenoxy) is 1. The third-order valence-corrected chi connectivity index (χ3v) is 3.33. The Morgan fingerprint density at radius 2 is 1.81 bits per heavy atom. The Labute approximate surface area is 130 Å². The van der Waals surface area contributed by atoms with Crippen molar-refractivity contribution in [3.63, 3.8) is 0 Å². The predicted molar refractivity (Wildman–Crippen MR) is 83.6 cm³/mol. The molecule has 0 aromatic heterocycles. The number of carbonyl (C=O) groups is 2. The number of nitrogens with one attached hydrogen (secondary N) is 1. The van der Waals surface area contributed by atoms with Gasteiger partial charge in [-0.2, -0.15) is 0 Å². The lowest BCUT2D eigenvalue weighted by atomic mass is 10.1. The van der Waals surface area contributed by atoms with Crippen molar-refractivity contribution < 1.29 is 14.3 Å². The van der Waals surface area contributed by atoms with Crippen LogP contribution in [0.1, 0.15) is 20.7 Å². The summed E-state index contributed by atoms with van der Waals surface area (Å²) < 4.78 is 6.00. The maximum absolute atomic E-state index is 12.2. The van der Waals surface area contributed by atoms with Crippen LogP contribution in [0.2, 0.25) is 0 Å². The summed E-state index contributed by atoms with van der Waals surface area (Å²) in [5, 5.41) is 2.73. The first-order valence-corrected chi connectivity index (χ1v) is 6.85. The van der Waals surface area contributed by atoms with Crippen molar-refractivity contribution in [2.24, 2.45) is 5.73 Å². The second-order valence-corrected chi connectivity index (χ2v) is 5.16. The zero-order valence-corrected chi connectivity index (χ0v) is 12.8. The van der Waals surface area contributed by atoms with Gasteiger partial charge >= 0.3 is 0 Å². The van der Waals surface area contributed by atoms with Crippen molar-refractivity contribution in [2.75, 3.05) is 12.4 Å². The number of anilines is 1. The predicted octanol–water partition coefficient (Wildman–Crippen LogP) is 2.81. The second-order valence-electron chi connectivity index (χ2n) is 4.24. The van der Waals surface area contributed by atoms with Crippen LogP contribution in [0, 0.1) is 0 Å². The van der Waals surface area contributed by atoms with Gasteiger partial charge in [-0.25, -0.2) is 0 Å². The highest BCUT2D eigenvalue weighted by molar-refractivity contribution is 9.10. The van der Waals surface area contributed by atoms with Crippen LogP contribution in [0.25, 0.3) is 0 Å². The molecule has 2 amide bonds. The minimum absolute atomic E-state index is 0.300. The lowest BCUT2D eigenvalue weighted by Gasteiger charge is -2.10. The molecule has 0 bridgehead atoms. The Morgan fingerprint density at radius 1 is 1.14 bits per heavy atom. The third-order valence-electron chi connectivity index (χ3n) is 2.84. The molecule has 0 aliphatic carbocycles. The Morgan fingerprint density at radius 3 is 2.38 bits per heavy atom. The van der Waals surface area contributed by atoms with E-state index in [-0.39, 0.29) is 5.91 Å². The molecule has 0 radical (unpaired) electrons. The van der Waals surface area contributed by atoms with Crippen molar-refractivity contribution in [3.8, 4) is 5.75 Å². The van der Waals surface area contributed by atoms with Crippen LogP contribution < -0.4 is 15.8 Å². The van der Waals surface area contributed by atoms with Gasteiger partial charge in [0.05, 0.1) is 12.7 Å². The van der Waals surface area contributed by atoms with Gasteiger partial charge in [-0.1, -0.05) is 15.9 Å². The zero-order chi connectivity index (χ0) is 15.4. The molecular weight excluding hydrogens is 336 g/mol. The summed E-state index contributed by atoms with van der Waals surface area (Å²) in [6, 6.07) is 11.5. The summed E-state index contributed by atoms with van der Waals surface area (Å²) in [6.45, 7) is 0. The molecule has 2 rings (SSSR count). The van der Waals surface area contributed by atoms with Gasteiger partial charge in [0.1, 0.15) is 5.75 Å². The molecule has 2 aromatic carbocycles. The molecule has 0 heterocycles. The van der Waals surface area contributed by atoms with Gasteiger partial charge in [0.25, 0.3) is 5.91 Å². The average Bonchev–Trinajstić information content (AvgIpc) is 2.47. The van der Waals surface area contributed by atoms with E-state index >= 15 is 0 Å². The number of primary amides is 1. The van der Waals surface area contributed by atoms with Gasteiger partial charge in [0.15, 0.2) is 0 Å². The van der Waals surface area contributed by atoms with Crippen LogP contribution in [0.3, 0.4) is 0 Å². The highest BCUT2D eigenvalue weighted by atomic mass is 79.9. The van der Waals surface area contributed by atoms with Crippen LogP contribution in [0.15, 0.2) is 46.9 Å². The normalized spacial score (nSPS) is 10.0. The molecule has 0 aliphatic rings. The van der Waals surface area contributed by atoms with E-state index in [4.69, 9.17) is 10.5 Å². The van der Waals surface area contributed by atoms with E-state index in [0.717, 1.165) is 4.47 Å². The van der Waals surface area contributed by atoms with Crippen molar-refractivity contribution in [3.05, 3.63) is 58.1 Å². The number of hydrogen-bond donors (Lipinski definition) is 2. The van der Waals surface area contributed by atoms with Crippen LogP contribution in [-0.2, 0) is 0 Å². The number of amides is 2. The summed E-state index contributed by atoms with van der Waals surface area (Å²) in [7, 11) is 1.50. The molecule has 5 nitrogen and oxygen atoms in total. The van der Waals surface area contributed by atoms with Crippen molar-refractivity contribution in [2.45, 2.75) is 0 Å². The Hall–Kier alpha value is -2.34. The lowest BCUT2D eigenvalue weighted by molar-refractivity contribution is 0.0998. The fraction of sp³-hybridized carbons (Fsp3) is 0.0667. The fourth-order valence-electron chi connectivity index (χ4n) is 1.77. The molecule has 0 spiro atoms. The molecule has 0 unspecified atom stereocenters. The molecular formula is C15H13BrN2O3. The standard InChI is InChI=1S/C15H13BrN2O3/c1-21-13-8-10(16)4-7-12(13)15(20)18-11-5-2-9(3-6-11)14(17)19/h2-8H,1H3,(H2,17,19)(H,18,20). The molecule has 0 atom stereocenters. The monoisotopic (exact) mass is 348 g/mol. The minimum atomic E-state index is -0.512. The van der Waals surface area contributed by atoms with E-state index in [2.05, 4.69) is 21.2 Å². The summed E-state index contributed by atoms with van der Waals surface area (Å²) in [6.07, 6.45) is 0. The SMILES string of the molecule is COc1cc(Br)ccc1C(=O)Nc1ccc(C(N)=O)cc1. The van der Waals surface area contributed by atoms with E-state index in [0.29, 0.717) is 22.6 Å². The molecule has 0 saturated carbocycles. The van der Waals surface area contributed by atoms with Crippen LogP contribution in [-0.4, -0.2) is 18.9 Å². The fourth-order valence-corrected chi connectivity index (χ4v) is 2.11. The van der Waals surface area contributed by atoms with Gasteiger partial charge in [0.2, 0.25) is 5.91 Å². The largest absolute Gasteiger partial charge is 0.496 e. The summed E-state index contributed by atoms with van der Waals surface area (Å²) in [5.74, 6) is -0.343. The number of hydrogen-bond acceptors (Lipinski definition) is 3. The van der Waals surface area contributed by atoms with Crippen LogP contribution in [0.5, 0.6) is 5.75 Å². The Balaban J connectivity index is 2.19. The minimum Gasteiger partial charge on any atom is -0.496 e. The van der Waals surface area contributed by atoms with E-state index in [1.807, 2.05) is 0 Å². The number of halogens is 1. The molecule has 6 heteroatoms. The quantitative estimate of drug-likeness (QED) is 0.891. The van der Waals surface area contributed by atoms with Crippen molar-refractivity contribution >= 4 is 33.4 Å². The summed E-state index contributed by atoms with van der Waals surface area (Å²) in [4.78, 5) is 23.2. The molecule has 0 fully saturated rings. The van der Waals surface area contributed by atoms with Gasteiger partial charge in [-0.15, -0.1) is 0 Å². The van der Waals surface area contributed by atoms with Gasteiger partial charge in [-0.3, -0.25) is 9.59 Å². The Kier molecular flexibility index (Phi) is 4.59. The average molecular weight is 349 g/mol. The molecule has 0 saturated heterocycles. The van der Waals surface area contributed by atoms with Crippen LogP contribution >= 0.6 is 15.9 Å². The molecule has 0 aliphatic heterocycles. The smallest absolute Gasteiger partial charge is 0.259 e. The summed E-state index contributed by atoms with van der Waals surface area (Å²) in [5.41, 5.74) is 6.53. The molecule has 2 aromatic rings. The molecule has 108 valence electrons. The number of rotatable bonds is 4. The van der Waals surface area contributed by atoms with Crippen molar-refractivity contribution in [1.82, 2.24) is 0 Å². The van der Waals surface area contributed by atoms with E-state index in [9.17, 15) is 9.59 Å². The van der Waals surface area contributed by atoms with E-state index in [1.54, 1.807) is 42.5 Å². The number of carbonyl (C=O) groups excluding carboxylic acids is 2. The molecule has 21 heavy (non-hydrogen) atoms. The van der Waals surface area contributed by atoms with E-state index in [1.165, 1.54) is 7.11 Å². The topological polar surface area (TPSA) is 81.4 Å². The highest BCUT2D eigenvalue weighted by Crippen LogP contribution is 2.24. The van der Waals surface area contributed by atoms with E-state index < -0.39 is 5.91 Å². The van der Waals surface area contributed by atoms with Gasteiger partial charge < -0.3 is 15.8 Å². The second kappa shape index (κ2) is 6.41. The highest BCUT2D eigenvalue weighted by Gasteiger charge is 2.13. The van der Waals surface area contributed by atoms with Gasteiger partial charge in [0, 0.05) is 15.7 Å². The first-order valence-electron chi connectivity index (χ1n) is 6.06. The summed E-state index contributed by atoms with van der Waals surface area (Å²) >= 11 is 3.32. The first-order chi connectivity index (χ1) is 10.0. The lowest BCUT2D eigenvalue weighted by Crippen LogP contribution is -2.14. The number of nitrogens with two attached hydrogens (primary N) is 1. The molecule has 3 N–H and O–H groups in total. The third kappa shape index (κ3) is 3.61. The Bertz CT molecular complexity index is 684. The van der Waals surface area contributed by atoms with Crippen molar-refractivity contribution in [1.29, 1.82) is 0 Å². The first kappa shape index (κ1) is 15.1. The number of methoxy groups -OCH3 is 1. The maximum Gasteiger partial charge on any atom is 0.259 e. The zero-order valence-electron chi connectivity index (χ0n) is 11.2.